The molecule has 0 radical (unpaired) electrons. The number of nitrogens with one attached hydrogen (secondary N) is 1. The molecule has 3 aromatic carbocycles. The molecule has 0 bridgehead atoms. The Labute approximate surface area is 196 Å². The molecular formula is C26H22ClN5O. The van der Waals surface area contributed by atoms with Crippen LogP contribution < -0.4 is 11.1 Å². The van der Waals surface area contributed by atoms with Crippen molar-refractivity contribution < 1.29 is 4.79 Å². The van der Waals surface area contributed by atoms with Gasteiger partial charge < -0.3 is 11.1 Å². The number of rotatable bonds is 5. The van der Waals surface area contributed by atoms with Crippen LogP contribution >= 0.6 is 11.6 Å². The zero-order valence-electron chi connectivity index (χ0n) is 18.0. The lowest BCUT2D eigenvalue weighted by molar-refractivity contribution is 0.0953. The first-order chi connectivity index (χ1) is 16.1. The Morgan fingerprint density at radius 1 is 0.970 bits per heavy atom. The minimum atomic E-state index is -0.301. The third kappa shape index (κ3) is 3.79. The molecule has 3 N–H and O–H groups in total. The minimum Gasteiger partial charge on any atom is -0.384 e. The van der Waals surface area contributed by atoms with Crippen LogP contribution in [0.1, 0.15) is 28.4 Å². The molecule has 0 aliphatic heterocycles. The van der Waals surface area contributed by atoms with Gasteiger partial charge in [0.1, 0.15) is 16.9 Å². The van der Waals surface area contributed by atoms with Crippen LogP contribution in [-0.2, 0) is 13.0 Å². The number of halogens is 1. The lowest BCUT2D eigenvalue weighted by Gasteiger charge is -2.12. The molecule has 0 atom stereocenters. The summed E-state index contributed by atoms with van der Waals surface area (Å²) in [4.78, 5) is 23.0. The Morgan fingerprint density at radius 2 is 1.64 bits per heavy atom. The number of nitrogens with zero attached hydrogens (tertiary/aromatic N) is 3. The van der Waals surface area contributed by atoms with E-state index >= 15 is 0 Å². The number of nitrogens with two attached hydrogens (primary N) is 1. The lowest BCUT2D eigenvalue weighted by atomic mass is 10.1. The fourth-order valence-electron chi connectivity index (χ4n) is 4.03. The highest BCUT2D eigenvalue weighted by Gasteiger charge is 2.25. The summed E-state index contributed by atoms with van der Waals surface area (Å²) in [6, 6.07) is 22.9. The monoisotopic (exact) mass is 455 g/mol. The summed E-state index contributed by atoms with van der Waals surface area (Å²) in [6.45, 7) is 2.43. The van der Waals surface area contributed by atoms with E-state index in [2.05, 4.69) is 18.3 Å². The average Bonchev–Trinajstić information content (AvgIpc) is 3.12. The van der Waals surface area contributed by atoms with Gasteiger partial charge in [-0.25, -0.2) is 9.97 Å². The van der Waals surface area contributed by atoms with Gasteiger partial charge in [0.25, 0.3) is 5.91 Å². The van der Waals surface area contributed by atoms with E-state index in [0.717, 1.165) is 28.8 Å². The third-order valence-electron chi connectivity index (χ3n) is 5.70. The van der Waals surface area contributed by atoms with Crippen molar-refractivity contribution in [2.45, 2.75) is 19.9 Å². The van der Waals surface area contributed by atoms with Gasteiger partial charge >= 0.3 is 0 Å². The summed E-state index contributed by atoms with van der Waals surface area (Å²) >= 11 is 5.97. The van der Waals surface area contributed by atoms with Gasteiger partial charge in [0, 0.05) is 11.6 Å². The number of nitrogen functional groups attached to an aromatic ring is 1. The zero-order chi connectivity index (χ0) is 22.9. The number of para-hydroxylation sites is 3. The number of amides is 1. The molecule has 0 saturated carbocycles. The van der Waals surface area contributed by atoms with E-state index in [4.69, 9.17) is 27.3 Å². The van der Waals surface area contributed by atoms with E-state index in [1.807, 2.05) is 59.2 Å². The van der Waals surface area contributed by atoms with Gasteiger partial charge in [-0.1, -0.05) is 61.0 Å². The predicted octanol–water partition coefficient (Wildman–Crippen LogP) is 5.30. The molecule has 7 heteroatoms. The van der Waals surface area contributed by atoms with Crippen molar-refractivity contribution in [1.29, 1.82) is 0 Å². The third-order valence-corrected chi connectivity index (χ3v) is 5.96. The molecule has 33 heavy (non-hydrogen) atoms. The first kappa shape index (κ1) is 21.0. The second kappa shape index (κ2) is 8.56. The van der Waals surface area contributed by atoms with Crippen LogP contribution in [0.25, 0.3) is 27.9 Å². The van der Waals surface area contributed by atoms with Crippen molar-refractivity contribution in [3.8, 4) is 5.69 Å². The van der Waals surface area contributed by atoms with Crippen LogP contribution in [0.2, 0.25) is 5.02 Å². The number of aromatic nitrogens is 3. The smallest absolute Gasteiger partial charge is 0.257 e. The van der Waals surface area contributed by atoms with Crippen molar-refractivity contribution in [2.24, 2.45) is 0 Å². The number of anilines is 1. The average molecular weight is 456 g/mol. The molecule has 0 spiro atoms. The Kier molecular flexibility index (Phi) is 5.44. The molecule has 164 valence electrons. The second-order valence-corrected chi connectivity index (χ2v) is 8.21. The Morgan fingerprint density at radius 3 is 2.36 bits per heavy atom. The zero-order valence-corrected chi connectivity index (χ0v) is 18.8. The van der Waals surface area contributed by atoms with Crippen molar-refractivity contribution in [2.75, 3.05) is 5.73 Å². The van der Waals surface area contributed by atoms with E-state index < -0.39 is 0 Å². The van der Waals surface area contributed by atoms with E-state index in [0.29, 0.717) is 39.6 Å². The normalized spacial score (nSPS) is 11.2. The number of benzene rings is 3. The molecule has 5 aromatic rings. The van der Waals surface area contributed by atoms with Crippen LogP contribution in [0, 0.1) is 0 Å². The number of carbonyl (C=O) groups is 1. The highest BCUT2D eigenvalue weighted by molar-refractivity contribution is 6.30. The van der Waals surface area contributed by atoms with Gasteiger partial charge in [0.2, 0.25) is 0 Å². The SMILES string of the molecule is CCc1ccccc1-n1c(N)c(C(=O)NCc2ccc(Cl)cc2)c2nc3ccccc3nc21. The Hall–Kier alpha value is -3.90. The number of hydrogen-bond donors (Lipinski definition) is 2. The van der Waals surface area contributed by atoms with Gasteiger partial charge in [0.05, 0.1) is 16.7 Å². The second-order valence-electron chi connectivity index (χ2n) is 7.77. The highest BCUT2D eigenvalue weighted by Crippen LogP contribution is 2.32. The molecule has 0 unspecified atom stereocenters. The van der Waals surface area contributed by atoms with Crippen LogP contribution in [-0.4, -0.2) is 20.4 Å². The lowest BCUT2D eigenvalue weighted by Crippen LogP contribution is -2.24. The summed E-state index contributed by atoms with van der Waals surface area (Å²) in [7, 11) is 0. The molecule has 2 aromatic heterocycles. The first-order valence-corrected chi connectivity index (χ1v) is 11.1. The number of fused-ring (bicyclic) bond motifs is 2. The maximum atomic E-state index is 13.4. The molecule has 5 rings (SSSR count). The van der Waals surface area contributed by atoms with Crippen LogP contribution in [0.5, 0.6) is 0 Å². The molecule has 0 aliphatic carbocycles. The van der Waals surface area contributed by atoms with Gasteiger partial charge in [-0.05, 0) is 47.9 Å². The van der Waals surface area contributed by atoms with Crippen LogP contribution in [0.4, 0.5) is 5.82 Å². The Bertz CT molecular complexity index is 1490. The fourth-order valence-corrected chi connectivity index (χ4v) is 4.16. The fraction of sp³-hybridized carbons (Fsp3) is 0.115. The summed E-state index contributed by atoms with van der Waals surface area (Å²) in [6.07, 6.45) is 0.814. The Balaban J connectivity index is 1.67. The predicted molar refractivity (Wildman–Crippen MR) is 133 cm³/mol. The van der Waals surface area contributed by atoms with Crippen molar-refractivity contribution in [1.82, 2.24) is 19.9 Å². The topological polar surface area (TPSA) is 85.8 Å². The standard InChI is InChI=1S/C26H22ClN5O/c1-2-17-7-3-6-10-21(17)32-24(28)22(26(33)29-15-16-11-13-18(27)14-12-16)23-25(32)31-20-9-5-4-8-19(20)30-23/h3-14H,2,15,28H2,1H3,(H,29,33). The highest BCUT2D eigenvalue weighted by atomic mass is 35.5. The van der Waals surface area contributed by atoms with E-state index in [1.54, 1.807) is 12.1 Å². The van der Waals surface area contributed by atoms with Crippen molar-refractivity contribution in [3.05, 3.63) is 94.5 Å². The molecule has 0 fully saturated rings. The van der Waals surface area contributed by atoms with Gasteiger partial charge in [-0.15, -0.1) is 0 Å². The number of hydrogen-bond acceptors (Lipinski definition) is 4. The van der Waals surface area contributed by atoms with Gasteiger partial charge in [-0.2, -0.15) is 0 Å². The van der Waals surface area contributed by atoms with Crippen molar-refractivity contribution >= 4 is 45.5 Å². The van der Waals surface area contributed by atoms with Crippen LogP contribution in [0.3, 0.4) is 0 Å². The van der Waals surface area contributed by atoms with Crippen molar-refractivity contribution in [3.63, 3.8) is 0 Å². The summed E-state index contributed by atoms with van der Waals surface area (Å²) in [5, 5.41) is 3.61. The molecule has 2 heterocycles. The first-order valence-electron chi connectivity index (χ1n) is 10.7. The number of carbonyl (C=O) groups excluding carboxylic acids is 1. The molecular weight excluding hydrogens is 434 g/mol. The summed E-state index contributed by atoms with van der Waals surface area (Å²) < 4.78 is 1.84. The van der Waals surface area contributed by atoms with E-state index in [-0.39, 0.29) is 5.91 Å². The summed E-state index contributed by atoms with van der Waals surface area (Å²) in [5.74, 6) is 0.0135. The number of aryl methyl sites for hydroxylation is 1. The van der Waals surface area contributed by atoms with Crippen LogP contribution in [0.15, 0.2) is 72.8 Å². The summed E-state index contributed by atoms with van der Waals surface area (Å²) in [5.41, 5.74) is 12.4. The van der Waals surface area contributed by atoms with E-state index in [9.17, 15) is 4.79 Å². The van der Waals surface area contributed by atoms with Gasteiger partial charge in [-0.3, -0.25) is 9.36 Å². The molecule has 0 aliphatic rings. The quantitative estimate of drug-likeness (QED) is 0.376. The van der Waals surface area contributed by atoms with E-state index in [1.165, 1.54) is 0 Å². The molecule has 0 saturated heterocycles. The maximum Gasteiger partial charge on any atom is 0.257 e. The largest absolute Gasteiger partial charge is 0.384 e. The van der Waals surface area contributed by atoms with Gasteiger partial charge in [0.15, 0.2) is 5.65 Å². The molecule has 1 amide bonds. The molecule has 6 nitrogen and oxygen atoms in total. The maximum absolute atomic E-state index is 13.4. The minimum absolute atomic E-state index is 0.301.